The smallest absolute Gasteiger partial charge is 0.227 e. The van der Waals surface area contributed by atoms with Crippen LogP contribution in [0.3, 0.4) is 0 Å². The van der Waals surface area contributed by atoms with Crippen LogP contribution in [0.1, 0.15) is 31.9 Å². The van der Waals surface area contributed by atoms with Gasteiger partial charge in [-0.05, 0) is 26.3 Å². The third kappa shape index (κ3) is 1.93. The summed E-state index contributed by atoms with van der Waals surface area (Å²) >= 11 is 0. The van der Waals surface area contributed by atoms with Crippen molar-refractivity contribution in [3.05, 3.63) is 17.8 Å². The molecule has 1 aliphatic rings. The van der Waals surface area contributed by atoms with Crippen molar-refractivity contribution in [3.8, 4) is 11.4 Å². The molecule has 3 rings (SSSR count). The Hall–Kier alpha value is -2.11. The lowest BCUT2D eigenvalue weighted by Gasteiger charge is -2.13. The molecule has 0 aromatic carbocycles. The van der Waals surface area contributed by atoms with Gasteiger partial charge in [0, 0.05) is 18.5 Å². The van der Waals surface area contributed by atoms with Gasteiger partial charge >= 0.3 is 0 Å². The van der Waals surface area contributed by atoms with Crippen molar-refractivity contribution >= 4 is 11.7 Å². The van der Waals surface area contributed by atoms with Gasteiger partial charge in [0.15, 0.2) is 0 Å². The topological polar surface area (TPSA) is 64.7 Å². The number of aryl methyl sites for hydroxylation is 2. The van der Waals surface area contributed by atoms with E-state index in [4.69, 9.17) is 0 Å². The molecule has 0 saturated heterocycles. The lowest BCUT2D eigenvalue weighted by molar-refractivity contribution is -0.116. The van der Waals surface area contributed by atoms with E-state index in [2.05, 4.69) is 29.4 Å². The number of hydrogen-bond donors (Lipinski definition) is 1. The molecule has 0 spiro atoms. The molecule has 0 saturated carbocycles. The Kier molecular flexibility index (Phi) is 2.66. The summed E-state index contributed by atoms with van der Waals surface area (Å²) in [6, 6.07) is 2.19. The number of rotatable bonds is 2. The lowest BCUT2D eigenvalue weighted by atomic mass is 10.2. The van der Waals surface area contributed by atoms with Crippen LogP contribution < -0.4 is 5.32 Å². The number of amides is 1. The third-order valence-electron chi connectivity index (χ3n) is 3.31. The average molecular weight is 259 g/mol. The van der Waals surface area contributed by atoms with E-state index in [1.54, 1.807) is 0 Å². The summed E-state index contributed by atoms with van der Waals surface area (Å²) in [6.45, 7) is 6.84. The van der Waals surface area contributed by atoms with Crippen molar-refractivity contribution in [2.45, 2.75) is 39.8 Å². The van der Waals surface area contributed by atoms with Gasteiger partial charge in [-0.2, -0.15) is 10.2 Å². The average Bonchev–Trinajstić information content (AvgIpc) is 2.91. The predicted molar refractivity (Wildman–Crippen MR) is 71.8 cm³/mol. The SMILES string of the molecule is Cc1cnn(C(C)C)c1-c1cc2n(n1)CCC(=O)N2. The van der Waals surface area contributed by atoms with Gasteiger partial charge in [0.05, 0.1) is 18.4 Å². The first-order chi connectivity index (χ1) is 9.06. The zero-order valence-electron chi connectivity index (χ0n) is 11.3. The van der Waals surface area contributed by atoms with E-state index < -0.39 is 0 Å². The Labute approximate surface area is 111 Å². The highest BCUT2D eigenvalue weighted by Gasteiger charge is 2.21. The quantitative estimate of drug-likeness (QED) is 0.896. The standard InChI is InChI=1S/C13H17N5O/c1-8(2)18-13(9(3)7-14-18)10-6-11-15-12(19)4-5-17(11)16-10/h6-8H,4-5H2,1-3H3,(H,15,19). The van der Waals surface area contributed by atoms with Crippen LogP contribution >= 0.6 is 0 Å². The number of carbonyl (C=O) groups is 1. The third-order valence-corrected chi connectivity index (χ3v) is 3.31. The number of anilines is 1. The first-order valence-electron chi connectivity index (χ1n) is 6.48. The van der Waals surface area contributed by atoms with Crippen molar-refractivity contribution in [2.75, 3.05) is 5.32 Å². The van der Waals surface area contributed by atoms with Gasteiger partial charge in [-0.15, -0.1) is 0 Å². The molecule has 1 amide bonds. The summed E-state index contributed by atoms with van der Waals surface area (Å²) in [5.41, 5.74) is 2.97. The van der Waals surface area contributed by atoms with Crippen LogP contribution in [0.4, 0.5) is 5.82 Å². The van der Waals surface area contributed by atoms with Gasteiger partial charge < -0.3 is 5.32 Å². The summed E-state index contributed by atoms with van der Waals surface area (Å²) < 4.78 is 3.80. The number of hydrogen-bond acceptors (Lipinski definition) is 3. The van der Waals surface area contributed by atoms with Crippen LogP contribution in [0.25, 0.3) is 11.4 Å². The van der Waals surface area contributed by atoms with Crippen molar-refractivity contribution < 1.29 is 4.79 Å². The number of fused-ring (bicyclic) bond motifs is 1. The molecule has 0 aliphatic carbocycles. The van der Waals surface area contributed by atoms with E-state index >= 15 is 0 Å². The van der Waals surface area contributed by atoms with Crippen LogP contribution in [0.2, 0.25) is 0 Å². The number of aromatic nitrogens is 4. The van der Waals surface area contributed by atoms with Crippen LogP contribution in [0.15, 0.2) is 12.3 Å². The van der Waals surface area contributed by atoms with Crippen LogP contribution in [-0.2, 0) is 11.3 Å². The minimum absolute atomic E-state index is 0.0491. The van der Waals surface area contributed by atoms with Gasteiger partial charge in [-0.1, -0.05) is 0 Å². The second kappa shape index (κ2) is 4.22. The van der Waals surface area contributed by atoms with E-state index in [9.17, 15) is 4.79 Å². The highest BCUT2D eigenvalue weighted by molar-refractivity contribution is 5.91. The zero-order chi connectivity index (χ0) is 13.6. The molecule has 0 radical (unpaired) electrons. The van der Waals surface area contributed by atoms with Crippen LogP contribution in [0, 0.1) is 6.92 Å². The number of carbonyl (C=O) groups excluding carboxylic acids is 1. The number of nitrogens with zero attached hydrogens (tertiary/aromatic N) is 4. The fourth-order valence-electron chi connectivity index (χ4n) is 2.38. The first kappa shape index (κ1) is 12.0. The molecule has 1 aliphatic heterocycles. The normalized spacial score (nSPS) is 14.6. The minimum atomic E-state index is 0.0491. The predicted octanol–water partition coefficient (Wildman–Crippen LogP) is 1.98. The van der Waals surface area contributed by atoms with Crippen LogP contribution in [0.5, 0.6) is 0 Å². The zero-order valence-corrected chi connectivity index (χ0v) is 11.3. The maximum Gasteiger partial charge on any atom is 0.227 e. The van der Waals surface area contributed by atoms with Crippen molar-refractivity contribution in [2.24, 2.45) is 0 Å². The van der Waals surface area contributed by atoms with E-state index in [0.29, 0.717) is 13.0 Å². The molecule has 100 valence electrons. The molecule has 3 heterocycles. The Morgan fingerprint density at radius 3 is 2.95 bits per heavy atom. The van der Waals surface area contributed by atoms with Crippen molar-refractivity contribution in [1.82, 2.24) is 19.6 Å². The maximum absolute atomic E-state index is 11.4. The Morgan fingerprint density at radius 1 is 1.42 bits per heavy atom. The Morgan fingerprint density at radius 2 is 2.21 bits per heavy atom. The first-order valence-corrected chi connectivity index (χ1v) is 6.48. The molecule has 1 N–H and O–H groups in total. The molecule has 0 fully saturated rings. The maximum atomic E-state index is 11.4. The van der Waals surface area contributed by atoms with Crippen molar-refractivity contribution in [1.29, 1.82) is 0 Å². The van der Waals surface area contributed by atoms with Gasteiger partial charge in [-0.25, -0.2) is 4.68 Å². The van der Waals surface area contributed by atoms with Gasteiger partial charge in [-0.3, -0.25) is 9.48 Å². The summed E-state index contributed by atoms with van der Waals surface area (Å²) in [5, 5.41) is 11.8. The second-order valence-electron chi connectivity index (χ2n) is 5.15. The molecule has 2 aromatic rings. The van der Waals surface area contributed by atoms with Gasteiger partial charge in [0.1, 0.15) is 11.5 Å². The Bertz CT molecular complexity index is 637. The number of nitrogens with one attached hydrogen (secondary N) is 1. The second-order valence-corrected chi connectivity index (χ2v) is 5.15. The molecule has 2 aromatic heterocycles. The molecule has 0 bridgehead atoms. The fourth-order valence-corrected chi connectivity index (χ4v) is 2.38. The minimum Gasteiger partial charge on any atom is -0.311 e. The van der Waals surface area contributed by atoms with E-state index in [-0.39, 0.29) is 11.9 Å². The molecular formula is C13H17N5O. The molecule has 19 heavy (non-hydrogen) atoms. The fraction of sp³-hybridized carbons (Fsp3) is 0.462. The largest absolute Gasteiger partial charge is 0.311 e. The van der Waals surface area contributed by atoms with E-state index in [0.717, 1.165) is 22.8 Å². The summed E-state index contributed by atoms with van der Waals surface area (Å²) in [6.07, 6.45) is 2.34. The molecule has 0 unspecified atom stereocenters. The highest BCUT2D eigenvalue weighted by Crippen LogP contribution is 2.28. The lowest BCUT2D eigenvalue weighted by Crippen LogP contribution is -2.23. The monoisotopic (exact) mass is 259 g/mol. The molecule has 6 heteroatoms. The summed E-state index contributed by atoms with van der Waals surface area (Å²) in [5.74, 6) is 0.815. The molecular weight excluding hydrogens is 242 g/mol. The summed E-state index contributed by atoms with van der Waals surface area (Å²) in [4.78, 5) is 11.4. The van der Waals surface area contributed by atoms with E-state index in [1.165, 1.54) is 0 Å². The summed E-state index contributed by atoms with van der Waals surface area (Å²) in [7, 11) is 0. The van der Waals surface area contributed by atoms with Gasteiger partial charge in [0.2, 0.25) is 5.91 Å². The van der Waals surface area contributed by atoms with Gasteiger partial charge in [0.25, 0.3) is 0 Å². The van der Waals surface area contributed by atoms with Crippen molar-refractivity contribution in [3.63, 3.8) is 0 Å². The molecule has 6 nitrogen and oxygen atoms in total. The van der Waals surface area contributed by atoms with E-state index in [1.807, 2.05) is 28.6 Å². The Balaban J connectivity index is 2.08. The van der Waals surface area contributed by atoms with Crippen LogP contribution in [-0.4, -0.2) is 25.5 Å². The molecule has 0 atom stereocenters. The highest BCUT2D eigenvalue weighted by atomic mass is 16.1.